The number of nitrogens with zero attached hydrogens (tertiary/aromatic N) is 2. The number of aromatic nitrogens is 2. The van der Waals surface area contributed by atoms with Gasteiger partial charge in [-0.1, -0.05) is 0 Å². The monoisotopic (exact) mass is 167 g/mol. The Labute approximate surface area is 69.2 Å². The Morgan fingerprint density at radius 2 is 2.25 bits per heavy atom. The highest BCUT2D eigenvalue weighted by atomic mass is 16.2. The summed E-state index contributed by atoms with van der Waals surface area (Å²) < 4.78 is 1.10. The van der Waals surface area contributed by atoms with Crippen LogP contribution in [-0.4, -0.2) is 27.3 Å². The second-order valence-electron chi connectivity index (χ2n) is 2.43. The quantitative estimate of drug-likeness (QED) is 0.599. The fourth-order valence-electron chi connectivity index (χ4n) is 0.701. The van der Waals surface area contributed by atoms with Crippen LogP contribution in [0.3, 0.4) is 0 Å². The maximum Gasteiger partial charge on any atom is 0.300 e. The second kappa shape index (κ2) is 3.27. The molecule has 5 heteroatoms. The van der Waals surface area contributed by atoms with Crippen molar-refractivity contribution in [2.75, 3.05) is 0 Å². The molecule has 0 fully saturated rings. The molecule has 1 unspecified atom stereocenters. The van der Waals surface area contributed by atoms with E-state index < -0.39 is 17.7 Å². The number of hydrogen-bond acceptors (Lipinski definition) is 4. The van der Waals surface area contributed by atoms with Gasteiger partial charge in [-0.3, -0.25) is 14.2 Å². The lowest BCUT2D eigenvalue weighted by Gasteiger charge is -2.01. The summed E-state index contributed by atoms with van der Waals surface area (Å²) in [6, 6.07) is -0.764. The SMILES string of the molecule is CC(N)C(=O)C(=O)n1ccnc1. The lowest BCUT2D eigenvalue weighted by atomic mass is 10.2. The molecule has 1 aromatic heterocycles. The van der Waals surface area contributed by atoms with Crippen molar-refractivity contribution in [2.24, 2.45) is 5.73 Å². The molecule has 1 aromatic rings. The molecule has 2 N–H and O–H groups in total. The average molecular weight is 167 g/mol. The number of nitrogens with two attached hydrogens (primary N) is 1. The van der Waals surface area contributed by atoms with Gasteiger partial charge in [0.2, 0.25) is 5.78 Å². The first-order valence-electron chi connectivity index (χ1n) is 3.45. The highest BCUT2D eigenvalue weighted by molar-refractivity contribution is 6.38. The number of rotatable bonds is 2. The van der Waals surface area contributed by atoms with E-state index in [1.54, 1.807) is 0 Å². The number of imidazole rings is 1. The van der Waals surface area contributed by atoms with Crippen LogP contribution in [0.2, 0.25) is 0 Å². The lowest BCUT2D eigenvalue weighted by Crippen LogP contribution is -2.35. The van der Waals surface area contributed by atoms with Crippen LogP contribution >= 0.6 is 0 Å². The van der Waals surface area contributed by atoms with Crippen molar-refractivity contribution in [1.82, 2.24) is 9.55 Å². The third kappa shape index (κ3) is 1.57. The van der Waals surface area contributed by atoms with Gasteiger partial charge in [-0.2, -0.15) is 0 Å². The van der Waals surface area contributed by atoms with Crippen LogP contribution in [0, 0.1) is 0 Å². The van der Waals surface area contributed by atoms with Gasteiger partial charge in [0.25, 0.3) is 0 Å². The van der Waals surface area contributed by atoms with Crippen molar-refractivity contribution >= 4 is 11.7 Å². The second-order valence-corrected chi connectivity index (χ2v) is 2.43. The Balaban J connectivity index is 2.80. The normalized spacial score (nSPS) is 12.5. The predicted octanol–water partition coefficient (Wildman–Crippen LogP) is -0.560. The van der Waals surface area contributed by atoms with E-state index in [4.69, 9.17) is 5.73 Å². The molecule has 0 aromatic carbocycles. The maximum absolute atomic E-state index is 11.1. The molecule has 1 rings (SSSR count). The van der Waals surface area contributed by atoms with E-state index in [0.717, 1.165) is 4.57 Å². The zero-order valence-electron chi connectivity index (χ0n) is 6.60. The molecular formula is C7H9N3O2. The molecule has 0 aliphatic rings. The summed E-state index contributed by atoms with van der Waals surface area (Å²) in [6.07, 6.45) is 4.09. The van der Waals surface area contributed by atoms with Gasteiger partial charge < -0.3 is 5.73 Å². The number of carbonyl (C=O) groups excluding carboxylic acids is 2. The van der Waals surface area contributed by atoms with Crippen LogP contribution in [0.1, 0.15) is 11.7 Å². The number of Topliss-reactive ketones (excluding diaryl/α,β-unsaturated/α-hetero) is 1. The van der Waals surface area contributed by atoms with Crippen molar-refractivity contribution in [1.29, 1.82) is 0 Å². The van der Waals surface area contributed by atoms with Crippen molar-refractivity contribution in [3.63, 3.8) is 0 Å². The lowest BCUT2D eigenvalue weighted by molar-refractivity contribution is -0.116. The topological polar surface area (TPSA) is 78.0 Å². The maximum atomic E-state index is 11.1. The van der Waals surface area contributed by atoms with Gasteiger partial charge in [0, 0.05) is 12.4 Å². The largest absolute Gasteiger partial charge is 0.321 e. The Hall–Kier alpha value is -1.49. The highest BCUT2D eigenvalue weighted by Crippen LogP contribution is 1.90. The van der Waals surface area contributed by atoms with E-state index in [0.29, 0.717) is 0 Å². The zero-order valence-corrected chi connectivity index (χ0v) is 6.60. The van der Waals surface area contributed by atoms with Crippen LogP contribution < -0.4 is 5.73 Å². The first-order chi connectivity index (χ1) is 5.63. The predicted molar refractivity (Wildman–Crippen MR) is 41.5 cm³/mol. The Kier molecular flexibility index (Phi) is 2.35. The number of ketones is 1. The molecule has 5 nitrogen and oxygen atoms in total. The van der Waals surface area contributed by atoms with Gasteiger partial charge in [0.15, 0.2) is 0 Å². The zero-order chi connectivity index (χ0) is 9.14. The van der Waals surface area contributed by atoms with Crippen molar-refractivity contribution in [3.05, 3.63) is 18.7 Å². The number of carbonyl (C=O) groups is 2. The van der Waals surface area contributed by atoms with Crippen LogP contribution in [0.5, 0.6) is 0 Å². The molecule has 0 bridgehead atoms. The van der Waals surface area contributed by atoms with Crippen molar-refractivity contribution < 1.29 is 9.59 Å². The first kappa shape index (κ1) is 8.61. The van der Waals surface area contributed by atoms with Gasteiger partial charge in [0.1, 0.15) is 6.33 Å². The smallest absolute Gasteiger partial charge is 0.300 e. The first-order valence-corrected chi connectivity index (χ1v) is 3.45. The Bertz CT molecular complexity index is 290. The Morgan fingerprint density at radius 1 is 1.58 bits per heavy atom. The fraction of sp³-hybridized carbons (Fsp3) is 0.286. The molecule has 1 atom stereocenters. The third-order valence-corrected chi connectivity index (χ3v) is 1.36. The molecule has 0 saturated heterocycles. The standard InChI is InChI=1S/C7H9N3O2/c1-5(8)6(11)7(12)10-3-2-9-4-10/h2-5H,8H2,1H3. The third-order valence-electron chi connectivity index (χ3n) is 1.36. The van der Waals surface area contributed by atoms with Crippen LogP contribution in [0.25, 0.3) is 0 Å². The van der Waals surface area contributed by atoms with E-state index >= 15 is 0 Å². The minimum Gasteiger partial charge on any atom is -0.321 e. The van der Waals surface area contributed by atoms with E-state index in [-0.39, 0.29) is 0 Å². The van der Waals surface area contributed by atoms with Crippen molar-refractivity contribution in [3.8, 4) is 0 Å². The molecule has 0 aliphatic heterocycles. The van der Waals surface area contributed by atoms with Crippen molar-refractivity contribution in [2.45, 2.75) is 13.0 Å². The summed E-state index contributed by atoms with van der Waals surface area (Å²) in [5.74, 6) is -1.27. The molecule has 0 radical (unpaired) electrons. The molecule has 0 spiro atoms. The summed E-state index contributed by atoms with van der Waals surface area (Å²) >= 11 is 0. The minimum absolute atomic E-state index is 0.618. The van der Waals surface area contributed by atoms with Gasteiger partial charge in [-0.25, -0.2) is 4.98 Å². The molecule has 1 heterocycles. The Morgan fingerprint density at radius 3 is 2.67 bits per heavy atom. The van der Waals surface area contributed by atoms with Crippen LogP contribution in [-0.2, 0) is 4.79 Å². The van der Waals surface area contributed by atoms with Gasteiger partial charge in [-0.05, 0) is 6.92 Å². The summed E-state index contributed by atoms with van der Waals surface area (Å²) in [5, 5.41) is 0. The highest BCUT2D eigenvalue weighted by Gasteiger charge is 2.18. The van der Waals surface area contributed by atoms with Gasteiger partial charge in [-0.15, -0.1) is 0 Å². The molecule has 0 amide bonds. The van der Waals surface area contributed by atoms with E-state index in [1.807, 2.05) is 0 Å². The van der Waals surface area contributed by atoms with Gasteiger partial charge >= 0.3 is 5.91 Å². The van der Waals surface area contributed by atoms with E-state index in [1.165, 1.54) is 25.6 Å². The molecule has 64 valence electrons. The number of hydrogen-bond donors (Lipinski definition) is 1. The summed E-state index contributed by atoms with van der Waals surface area (Å²) in [5.41, 5.74) is 5.24. The average Bonchev–Trinajstić information content (AvgIpc) is 2.53. The summed E-state index contributed by atoms with van der Waals surface area (Å²) in [6.45, 7) is 1.47. The molecule has 0 saturated carbocycles. The van der Waals surface area contributed by atoms with Crippen LogP contribution in [0.4, 0.5) is 0 Å². The van der Waals surface area contributed by atoms with E-state index in [9.17, 15) is 9.59 Å². The summed E-state index contributed by atoms with van der Waals surface area (Å²) in [7, 11) is 0. The van der Waals surface area contributed by atoms with E-state index in [2.05, 4.69) is 4.98 Å². The fourth-order valence-corrected chi connectivity index (χ4v) is 0.701. The molecule has 12 heavy (non-hydrogen) atoms. The van der Waals surface area contributed by atoms with Crippen LogP contribution in [0.15, 0.2) is 18.7 Å². The minimum atomic E-state index is -0.764. The van der Waals surface area contributed by atoms with Gasteiger partial charge in [0.05, 0.1) is 6.04 Å². The summed E-state index contributed by atoms with van der Waals surface area (Å²) in [4.78, 5) is 25.8. The molecule has 0 aliphatic carbocycles. The molecular weight excluding hydrogens is 158 g/mol.